The van der Waals surface area contributed by atoms with Crippen molar-refractivity contribution >= 4 is 60.8 Å². The van der Waals surface area contributed by atoms with E-state index >= 15 is 0 Å². The molecule has 1 aromatic carbocycles. The average Bonchev–Trinajstić information content (AvgIpc) is 2.88. The molecule has 1 N–H and O–H groups in total. The summed E-state index contributed by atoms with van der Waals surface area (Å²) in [5.41, 5.74) is 0.933. The largest absolute Gasteiger partial charge is 0.495 e. The van der Waals surface area contributed by atoms with Crippen molar-refractivity contribution in [3.05, 3.63) is 49.0 Å². The maximum absolute atomic E-state index is 11.4. The van der Waals surface area contributed by atoms with Crippen LogP contribution in [0.25, 0.3) is 11.6 Å². The Morgan fingerprint density at radius 2 is 2.15 bits per heavy atom. The molecule has 2 aromatic rings. The average molecular weight is 418 g/mol. The van der Waals surface area contributed by atoms with Crippen LogP contribution in [-0.4, -0.2) is 18.2 Å². The third-order valence-electron chi connectivity index (χ3n) is 2.56. The number of carbonyl (C=O) groups is 1. The predicted molar refractivity (Wildman–Crippen MR) is 88.2 cm³/mol. The van der Waals surface area contributed by atoms with Crippen LogP contribution in [0.1, 0.15) is 10.4 Å². The molecule has 0 saturated carbocycles. The summed E-state index contributed by atoms with van der Waals surface area (Å²) in [5, 5.41) is 11.2. The van der Waals surface area contributed by atoms with Crippen molar-refractivity contribution in [3.8, 4) is 5.75 Å². The molecule has 0 saturated heterocycles. The fourth-order valence-corrected chi connectivity index (χ4v) is 3.88. The number of rotatable bonds is 4. The third kappa shape index (κ3) is 3.31. The maximum atomic E-state index is 11.4. The Kier molecular flexibility index (Phi) is 5.01. The number of methoxy groups -OCH3 is 1. The molecule has 0 radical (unpaired) electrons. The number of carboxylic acid groups (broad SMARTS) is 1. The highest BCUT2D eigenvalue weighted by Gasteiger charge is 2.14. The standard InChI is InChI=1S/C14H10Br2O3S/c1-19-13-8(5-9(15)7-11(13)16)6-10(14(17)18)12-3-2-4-20-12/h2-7H,1H3,(H,17,18)/b10-6-. The minimum atomic E-state index is -0.967. The highest BCUT2D eigenvalue weighted by Crippen LogP contribution is 2.35. The van der Waals surface area contributed by atoms with Gasteiger partial charge < -0.3 is 9.84 Å². The van der Waals surface area contributed by atoms with Gasteiger partial charge in [0.15, 0.2) is 0 Å². The zero-order chi connectivity index (χ0) is 14.7. The first-order valence-electron chi connectivity index (χ1n) is 5.55. The van der Waals surface area contributed by atoms with E-state index < -0.39 is 5.97 Å². The number of carboxylic acids is 1. The highest BCUT2D eigenvalue weighted by molar-refractivity contribution is 9.11. The monoisotopic (exact) mass is 416 g/mol. The second-order valence-corrected chi connectivity index (χ2v) is 6.57. The van der Waals surface area contributed by atoms with Gasteiger partial charge in [0.2, 0.25) is 0 Å². The highest BCUT2D eigenvalue weighted by atomic mass is 79.9. The summed E-state index contributed by atoms with van der Waals surface area (Å²) in [6.07, 6.45) is 1.61. The zero-order valence-corrected chi connectivity index (χ0v) is 14.4. The van der Waals surface area contributed by atoms with Gasteiger partial charge in [-0.05, 0) is 45.6 Å². The fraction of sp³-hybridized carbons (Fsp3) is 0.0714. The molecule has 0 aliphatic carbocycles. The van der Waals surface area contributed by atoms with Gasteiger partial charge >= 0.3 is 5.97 Å². The summed E-state index contributed by atoms with van der Waals surface area (Å²) in [7, 11) is 1.55. The van der Waals surface area contributed by atoms with Gasteiger partial charge in [0.1, 0.15) is 5.75 Å². The molecule has 0 aliphatic rings. The van der Waals surface area contributed by atoms with E-state index in [1.807, 2.05) is 23.6 Å². The van der Waals surface area contributed by atoms with Gasteiger partial charge in [0.05, 0.1) is 17.2 Å². The normalized spacial score (nSPS) is 11.4. The predicted octanol–water partition coefficient (Wildman–Crippen LogP) is 4.91. The lowest BCUT2D eigenvalue weighted by Crippen LogP contribution is -1.98. The van der Waals surface area contributed by atoms with Gasteiger partial charge in [0.25, 0.3) is 0 Å². The van der Waals surface area contributed by atoms with E-state index in [2.05, 4.69) is 31.9 Å². The molecule has 0 bridgehead atoms. The van der Waals surface area contributed by atoms with Crippen molar-refractivity contribution in [2.45, 2.75) is 0 Å². The van der Waals surface area contributed by atoms with Gasteiger partial charge in [0, 0.05) is 14.9 Å². The van der Waals surface area contributed by atoms with E-state index in [1.165, 1.54) is 11.3 Å². The van der Waals surface area contributed by atoms with Gasteiger partial charge in [-0.2, -0.15) is 0 Å². The molecule has 1 aromatic heterocycles. The summed E-state index contributed by atoms with van der Waals surface area (Å²) in [5.74, 6) is -0.367. The van der Waals surface area contributed by atoms with E-state index in [0.717, 1.165) is 8.95 Å². The van der Waals surface area contributed by atoms with E-state index in [4.69, 9.17) is 4.74 Å². The molecule has 1 heterocycles. The summed E-state index contributed by atoms with van der Waals surface area (Å²) in [6, 6.07) is 7.27. The first kappa shape index (κ1) is 15.3. The summed E-state index contributed by atoms with van der Waals surface area (Å²) in [4.78, 5) is 12.2. The SMILES string of the molecule is COc1c(Br)cc(Br)cc1/C=C(\C(=O)O)c1cccs1. The van der Waals surface area contributed by atoms with Crippen molar-refractivity contribution in [3.63, 3.8) is 0 Å². The quantitative estimate of drug-likeness (QED) is 0.719. The number of ether oxygens (including phenoxy) is 1. The molecular formula is C14H10Br2O3S. The lowest BCUT2D eigenvalue weighted by molar-refractivity contribution is -0.130. The van der Waals surface area contributed by atoms with Crippen LogP contribution in [0.15, 0.2) is 38.6 Å². The smallest absolute Gasteiger partial charge is 0.337 e. The summed E-state index contributed by atoms with van der Waals surface area (Å²) in [6.45, 7) is 0. The maximum Gasteiger partial charge on any atom is 0.337 e. The molecule has 3 nitrogen and oxygen atoms in total. The number of thiophene rings is 1. The zero-order valence-electron chi connectivity index (χ0n) is 10.4. The van der Waals surface area contributed by atoms with E-state index in [1.54, 1.807) is 19.3 Å². The Labute approximate surface area is 137 Å². The number of hydrogen-bond donors (Lipinski definition) is 1. The molecule has 0 atom stereocenters. The van der Waals surface area contributed by atoms with Crippen LogP contribution < -0.4 is 4.74 Å². The van der Waals surface area contributed by atoms with Crippen molar-refractivity contribution in [2.75, 3.05) is 7.11 Å². The second-order valence-electron chi connectivity index (χ2n) is 3.85. The lowest BCUT2D eigenvalue weighted by atomic mass is 10.1. The Hall–Kier alpha value is -1.11. The van der Waals surface area contributed by atoms with Crippen LogP contribution in [0.2, 0.25) is 0 Å². The van der Waals surface area contributed by atoms with E-state index in [0.29, 0.717) is 16.2 Å². The molecule has 0 fully saturated rings. The van der Waals surface area contributed by atoms with Crippen molar-refractivity contribution < 1.29 is 14.6 Å². The van der Waals surface area contributed by atoms with Crippen LogP contribution in [0.5, 0.6) is 5.75 Å². The number of benzene rings is 1. The topological polar surface area (TPSA) is 46.5 Å². The third-order valence-corrected chi connectivity index (χ3v) is 4.51. The van der Waals surface area contributed by atoms with Crippen molar-refractivity contribution in [1.82, 2.24) is 0 Å². The van der Waals surface area contributed by atoms with E-state index in [9.17, 15) is 9.90 Å². The molecule has 0 amide bonds. The second kappa shape index (κ2) is 6.56. The van der Waals surface area contributed by atoms with Crippen LogP contribution in [-0.2, 0) is 4.79 Å². The Morgan fingerprint density at radius 1 is 1.40 bits per heavy atom. The minimum absolute atomic E-state index is 0.239. The van der Waals surface area contributed by atoms with Crippen molar-refractivity contribution in [2.24, 2.45) is 0 Å². The lowest BCUT2D eigenvalue weighted by Gasteiger charge is -2.09. The van der Waals surface area contributed by atoms with Crippen LogP contribution >= 0.6 is 43.2 Å². The van der Waals surface area contributed by atoms with E-state index in [-0.39, 0.29) is 5.57 Å². The molecular weight excluding hydrogens is 408 g/mol. The van der Waals surface area contributed by atoms with Crippen molar-refractivity contribution in [1.29, 1.82) is 0 Å². The van der Waals surface area contributed by atoms with Gasteiger partial charge in [-0.15, -0.1) is 11.3 Å². The molecule has 0 unspecified atom stereocenters. The fourth-order valence-electron chi connectivity index (χ4n) is 1.73. The van der Waals surface area contributed by atoms with Crippen LogP contribution in [0, 0.1) is 0 Å². The molecule has 104 valence electrons. The number of hydrogen-bond acceptors (Lipinski definition) is 3. The number of halogens is 2. The first-order chi connectivity index (χ1) is 9.52. The molecule has 2 rings (SSSR count). The minimum Gasteiger partial charge on any atom is -0.495 e. The van der Waals surface area contributed by atoms with Gasteiger partial charge in [-0.1, -0.05) is 22.0 Å². The molecule has 0 aliphatic heterocycles. The molecule has 0 spiro atoms. The van der Waals surface area contributed by atoms with Crippen LogP contribution in [0.4, 0.5) is 0 Å². The summed E-state index contributed by atoms with van der Waals surface area (Å²) >= 11 is 8.18. The molecule has 20 heavy (non-hydrogen) atoms. The Morgan fingerprint density at radius 3 is 2.70 bits per heavy atom. The van der Waals surface area contributed by atoms with Crippen LogP contribution in [0.3, 0.4) is 0 Å². The summed E-state index contributed by atoms with van der Waals surface area (Å²) < 4.78 is 6.93. The van der Waals surface area contributed by atoms with Gasteiger partial charge in [-0.25, -0.2) is 4.79 Å². The Balaban J connectivity index is 2.60. The first-order valence-corrected chi connectivity index (χ1v) is 8.01. The Bertz CT molecular complexity index is 663. The number of aliphatic carboxylic acids is 1. The van der Waals surface area contributed by atoms with Gasteiger partial charge in [-0.3, -0.25) is 0 Å². The molecule has 6 heteroatoms.